The average molecular weight is 294 g/mol. The van der Waals surface area contributed by atoms with Crippen molar-refractivity contribution in [2.75, 3.05) is 10.2 Å². The van der Waals surface area contributed by atoms with Crippen LogP contribution in [-0.4, -0.2) is 11.8 Å². The van der Waals surface area contributed by atoms with Gasteiger partial charge < -0.3 is 10.2 Å². The number of hydrogen-bond donors (Lipinski definition) is 1. The smallest absolute Gasteiger partial charge is 0.227 e. The predicted octanol–water partition coefficient (Wildman–Crippen LogP) is 3.12. The molecule has 2 aromatic carbocycles. The fraction of sp³-hybridized carbons (Fsp3) is 0.222. The van der Waals surface area contributed by atoms with Gasteiger partial charge in [-0.25, -0.2) is 0 Å². The first-order chi connectivity index (χ1) is 10.6. The summed E-state index contributed by atoms with van der Waals surface area (Å²) in [6.07, 6.45) is 1.22. The third kappa shape index (κ3) is 3.01. The van der Waals surface area contributed by atoms with Crippen molar-refractivity contribution in [3.8, 4) is 0 Å². The number of hydrogen-bond acceptors (Lipinski definition) is 2. The van der Waals surface area contributed by atoms with Crippen molar-refractivity contribution < 1.29 is 9.59 Å². The summed E-state index contributed by atoms with van der Waals surface area (Å²) in [6, 6.07) is 15.7. The third-order valence-electron chi connectivity index (χ3n) is 3.78. The minimum absolute atomic E-state index is 0.0898. The fourth-order valence-electron chi connectivity index (χ4n) is 2.78. The molecular weight excluding hydrogens is 276 g/mol. The van der Waals surface area contributed by atoms with Crippen molar-refractivity contribution in [2.45, 2.75) is 26.3 Å². The zero-order valence-corrected chi connectivity index (χ0v) is 12.5. The van der Waals surface area contributed by atoms with Gasteiger partial charge in [0.1, 0.15) is 0 Å². The van der Waals surface area contributed by atoms with Crippen LogP contribution in [0.4, 0.5) is 11.4 Å². The van der Waals surface area contributed by atoms with E-state index in [0.29, 0.717) is 19.4 Å². The van der Waals surface area contributed by atoms with Crippen LogP contribution in [0.5, 0.6) is 0 Å². The minimum atomic E-state index is -0.0898. The molecular formula is C18H18N2O2. The van der Waals surface area contributed by atoms with Gasteiger partial charge in [0.05, 0.1) is 6.54 Å². The molecule has 4 nitrogen and oxygen atoms in total. The molecule has 0 saturated carbocycles. The molecule has 4 heteroatoms. The summed E-state index contributed by atoms with van der Waals surface area (Å²) in [6.45, 7) is 2.07. The van der Waals surface area contributed by atoms with Crippen LogP contribution in [0, 0.1) is 0 Å². The van der Waals surface area contributed by atoms with E-state index in [1.807, 2.05) is 53.4 Å². The monoisotopic (exact) mass is 294 g/mol. The van der Waals surface area contributed by atoms with Crippen LogP contribution < -0.4 is 10.2 Å². The first-order valence-corrected chi connectivity index (χ1v) is 7.38. The number of carbonyl (C=O) groups is 2. The van der Waals surface area contributed by atoms with Crippen LogP contribution in [0.2, 0.25) is 0 Å². The Bertz CT molecular complexity index is 710. The molecule has 1 heterocycles. The highest BCUT2D eigenvalue weighted by atomic mass is 16.2. The molecule has 2 aromatic rings. The summed E-state index contributed by atoms with van der Waals surface area (Å²) < 4.78 is 0. The quantitative estimate of drug-likeness (QED) is 0.945. The summed E-state index contributed by atoms with van der Waals surface area (Å²) in [5.41, 5.74) is 3.92. The molecule has 0 fully saturated rings. The number of amides is 2. The Hall–Kier alpha value is -2.62. The van der Waals surface area contributed by atoms with E-state index < -0.39 is 0 Å². The Morgan fingerprint density at radius 3 is 2.64 bits per heavy atom. The maximum absolute atomic E-state index is 12.3. The molecule has 22 heavy (non-hydrogen) atoms. The molecule has 0 unspecified atom stereocenters. The van der Waals surface area contributed by atoms with E-state index in [9.17, 15) is 9.59 Å². The van der Waals surface area contributed by atoms with Gasteiger partial charge in [-0.3, -0.25) is 9.59 Å². The second-order valence-corrected chi connectivity index (χ2v) is 5.49. The Morgan fingerprint density at radius 1 is 1.14 bits per heavy atom. The number of nitrogens with zero attached hydrogens (tertiary/aromatic N) is 1. The summed E-state index contributed by atoms with van der Waals surface area (Å²) in [4.78, 5) is 25.3. The van der Waals surface area contributed by atoms with Gasteiger partial charge in [-0.15, -0.1) is 0 Å². The molecule has 0 atom stereocenters. The van der Waals surface area contributed by atoms with Crippen LogP contribution >= 0.6 is 0 Å². The fourth-order valence-corrected chi connectivity index (χ4v) is 2.78. The number of fused-ring (bicyclic) bond motifs is 1. The lowest BCUT2D eigenvalue weighted by atomic mass is 9.99. The SMILES string of the molecule is CC(=O)Nc1ccc2c(c1)CCC(=O)N2Cc1ccccc1. The van der Waals surface area contributed by atoms with Crippen molar-refractivity contribution in [1.82, 2.24) is 0 Å². The van der Waals surface area contributed by atoms with Gasteiger partial charge in [0.25, 0.3) is 0 Å². The largest absolute Gasteiger partial charge is 0.326 e. The molecule has 0 saturated heterocycles. The van der Waals surface area contributed by atoms with E-state index in [-0.39, 0.29) is 11.8 Å². The lowest BCUT2D eigenvalue weighted by Gasteiger charge is -2.30. The Labute approximate surface area is 129 Å². The van der Waals surface area contributed by atoms with Crippen LogP contribution in [0.15, 0.2) is 48.5 Å². The normalized spacial score (nSPS) is 13.7. The van der Waals surface area contributed by atoms with Gasteiger partial charge >= 0.3 is 0 Å². The summed E-state index contributed by atoms with van der Waals surface area (Å²) >= 11 is 0. The Balaban J connectivity index is 1.90. The third-order valence-corrected chi connectivity index (χ3v) is 3.78. The predicted molar refractivity (Wildman–Crippen MR) is 86.7 cm³/mol. The van der Waals surface area contributed by atoms with Gasteiger partial charge in [-0.1, -0.05) is 30.3 Å². The number of nitrogens with one attached hydrogen (secondary N) is 1. The summed E-state index contributed by atoms with van der Waals surface area (Å²) in [5, 5.41) is 2.79. The van der Waals surface area contributed by atoms with Gasteiger partial charge in [0.15, 0.2) is 0 Å². The Kier molecular flexibility index (Phi) is 3.92. The van der Waals surface area contributed by atoms with Gasteiger partial charge in [0.2, 0.25) is 11.8 Å². The molecule has 1 N–H and O–H groups in total. The van der Waals surface area contributed by atoms with Crippen molar-refractivity contribution in [1.29, 1.82) is 0 Å². The Morgan fingerprint density at radius 2 is 1.91 bits per heavy atom. The highest BCUT2D eigenvalue weighted by molar-refractivity contribution is 5.97. The lowest BCUT2D eigenvalue weighted by molar-refractivity contribution is -0.119. The van der Waals surface area contributed by atoms with E-state index in [1.165, 1.54) is 6.92 Å². The van der Waals surface area contributed by atoms with Crippen molar-refractivity contribution in [2.24, 2.45) is 0 Å². The van der Waals surface area contributed by atoms with Crippen molar-refractivity contribution in [3.05, 3.63) is 59.7 Å². The van der Waals surface area contributed by atoms with Gasteiger partial charge in [-0.2, -0.15) is 0 Å². The summed E-state index contributed by atoms with van der Waals surface area (Å²) in [7, 11) is 0. The number of anilines is 2. The molecule has 2 amide bonds. The molecule has 1 aliphatic rings. The van der Waals surface area contributed by atoms with Crippen LogP contribution in [0.1, 0.15) is 24.5 Å². The molecule has 112 valence electrons. The van der Waals surface area contributed by atoms with Gasteiger partial charge in [-0.05, 0) is 35.7 Å². The molecule has 0 radical (unpaired) electrons. The molecule has 3 rings (SSSR count). The number of rotatable bonds is 3. The van der Waals surface area contributed by atoms with Crippen LogP contribution in [0.3, 0.4) is 0 Å². The molecule has 0 bridgehead atoms. The maximum atomic E-state index is 12.3. The lowest BCUT2D eigenvalue weighted by Crippen LogP contribution is -2.34. The highest BCUT2D eigenvalue weighted by Gasteiger charge is 2.24. The standard InChI is InChI=1S/C18H18N2O2/c1-13(21)19-16-8-9-17-15(11-16)7-10-18(22)20(17)12-14-5-3-2-4-6-14/h2-6,8-9,11H,7,10,12H2,1H3,(H,19,21). The number of benzene rings is 2. The van der Waals surface area contributed by atoms with E-state index in [2.05, 4.69) is 5.32 Å². The number of carbonyl (C=O) groups excluding carboxylic acids is 2. The second-order valence-electron chi connectivity index (χ2n) is 5.49. The van der Waals surface area contributed by atoms with Crippen LogP contribution in [0.25, 0.3) is 0 Å². The van der Waals surface area contributed by atoms with Crippen LogP contribution in [-0.2, 0) is 22.6 Å². The van der Waals surface area contributed by atoms with E-state index in [0.717, 1.165) is 22.5 Å². The topological polar surface area (TPSA) is 49.4 Å². The second kappa shape index (κ2) is 6.02. The van der Waals surface area contributed by atoms with Gasteiger partial charge in [0, 0.05) is 24.7 Å². The number of aryl methyl sites for hydroxylation is 1. The molecule has 1 aliphatic heterocycles. The zero-order chi connectivity index (χ0) is 15.5. The zero-order valence-electron chi connectivity index (χ0n) is 12.5. The average Bonchev–Trinajstić information content (AvgIpc) is 2.50. The summed E-state index contributed by atoms with van der Waals surface area (Å²) in [5.74, 6) is 0.0524. The van der Waals surface area contributed by atoms with Crippen molar-refractivity contribution >= 4 is 23.2 Å². The van der Waals surface area contributed by atoms with E-state index in [1.54, 1.807) is 0 Å². The van der Waals surface area contributed by atoms with E-state index >= 15 is 0 Å². The highest BCUT2D eigenvalue weighted by Crippen LogP contribution is 2.31. The van der Waals surface area contributed by atoms with E-state index in [4.69, 9.17) is 0 Å². The van der Waals surface area contributed by atoms with Crippen molar-refractivity contribution in [3.63, 3.8) is 0 Å². The molecule has 0 aromatic heterocycles. The maximum Gasteiger partial charge on any atom is 0.227 e. The minimum Gasteiger partial charge on any atom is -0.326 e. The first kappa shape index (κ1) is 14.3. The first-order valence-electron chi connectivity index (χ1n) is 7.38. The molecule has 0 spiro atoms. The molecule has 0 aliphatic carbocycles.